The van der Waals surface area contributed by atoms with Gasteiger partial charge in [-0.2, -0.15) is 0 Å². The van der Waals surface area contributed by atoms with Gasteiger partial charge in [-0.15, -0.1) is 0 Å². The molecule has 0 nitrogen and oxygen atoms in total. The van der Waals surface area contributed by atoms with Crippen LogP contribution in [0.5, 0.6) is 0 Å². The lowest BCUT2D eigenvalue weighted by Gasteiger charge is -2.34. The van der Waals surface area contributed by atoms with E-state index in [2.05, 4.69) is 328 Å². The summed E-state index contributed by atoms with van der Waals surface area (Å²) < 4.78 is 0. The standard InChI is InChI=1S/C84H54/c1-5-28-59(29-6-1)83(60-30-7-2-8-31-60)75-46-23-21-36-63(75)65-50-48-57(53-77(65)83)81-71-42-17-13-38-67(71)79(68-39-14-18-43-72(68)81)55-26-25-27-56(52-55)80-69-40-15-19-44-73(69)82(74-45-20-16-41-70(74)80)58-49-51-66-64-37-22-24-47-76(64)84(78(66)54-58,61-32-9-3-10-33-61)62-34-11-4-12-35-62/h1-54H. The summed E-state index contributed by atoms with van der Waals surface area (Å²) in [7, 11) is 0. The zero-order chi connectivity index (χ0) is 55.3. The lowest BCUT2D eigenvalue weighted by Crippen LogP contribution is -2.28. The molecule has 17 rings (SSSR count). The van der Waals surface area contributed by atoms with Crippen LogP contribution >= 0.6 is 0 Å². The van der Waals surface area contributed by atoms with E-state index in [1.807, 2.05) is 0 Å². The van der Waals surface area contributed by atoms with E-state index in [1.165, 1.54) is 154 Å². The third-order valence-electron chi connectivity index (χ3n) is 18.8. The molecule has 2 aliphatic carbocycles. The van der Waals surface area contributed by atoms with Crippen LogP contribution in [0.4, 0.5) is 0 Å². The van der Waals surface area contributed by atoms with Gasteiger partial charge in [0.2, 0.25) is 0 Å². The quantitative estimate of drug-likeness (QED) is 0.133. The van der Waals surface area contributed by atoms with Crippen LogP contribution in [-0.4, -0.2) is 0 Å². The predicted octanol–water partition coefficient (Wildman–Crippen LogP) is 21.7. The fourth-order valence-electron chi connectivity index (χ4n) is 15.5. The van der Waals surface area contributed by atoms with Gasteiger partial charge in [0.15, 0.2) is 0 Å². The predicted molar refractivity (Wildman–Crippen MR) is 353 cm³/mol. The largest absolute Gasteiger partial charge is 0.0713 e. The molecule has 0 radical (unpaired) electrons. The molecule has 0 spiro atoms. The fraction of sp³-hybridized carbons (Fsp3) is 0.0238. The van der Waals surface area contributed by atoms with Gasteiger partial charge in [-0.05, 0) is 173 Å². The maximum absolute atomic E-state index is 2.52. The van der Waals surface area contributed by atoms with Gasteiger partial charge < -0.3 is 0 Å². The summed E-state index contributed by atoms with van der Waals surface area (Å²) in [5.41, 5.74) is 24.2. The molecule has 0 fully saturated rings. The molecule has 0 heterocycles. The van der Waals surface area contributed by atoms with Gasteiger partial charge in [-0.25, -0.2) is 0 Å². The van der Waals surface area contributed by atoms with Crippen LogP contribution in [0, 0.1) is 0 Å². The zero-order valence-corrected chi connectivity index (χ0v) is 46.2. The topological polar surface area (TPSA) is 0 Å². The van der Waals surface area contributed by atoms with Crippen molar-refractivity contribution in [2.75, 3.05) is 0 Å². The third-order valence-corrected chi connectivity index (χ3v) is 18.8. The first-order valence-corrected chi connectivity index (χ1v) is 29.4. The Hall–Kier alpha value is -10.7. The Labute approximate surface area is 489 Å². The Balaban J connectivity index is 0.856. The van der Waals surface area contributed by atoms with Crippen LogP contribution < -0.4 is 0 Å². The lowest BCUT2D eigenvalue weighted by atomic mass is 9.67. The van der Waals surface area contributed by atoms with Crippen LogP contribution in [-0.2, 0) is 10.8 Å². The average Bonchev–Trinajstić information content (AvgIpc) is 1.69. The smallest absolute Gasteiger partial charge is 0.0622 e. The van der Waals surface area contributed by atoms with Crippen LogP contribution in [0.15, 0.2) is 328 Å². The van der Waals surface area contributed by atoms with Gasteiger partial charge in [0.1, 0.15) is 0 Å². The van der Waals surface area contributed by atoms with E-state index in [9.17, 15) is 0 Å². The molecule has 0 aliphatic heterocycles. The molecule has 15 aromatic carbocycles. The van der Waals surface area contributed by atoms with Crippen molar-refractivity contribution in [1.29, 1.82) is 0 Å². The van der Waals surface area contributed by atoms with Crippen molar-refractivity contribution in [2.45, 2.75) is 10.8 Å². The molecular weight excluding hydrogens is 1010 g/mol. The number of rotatable bonds is 8. The van der Waals surface area contributed by atoms with Gasteiger partial charge in [0, 0.05) is 0 Å². The van der Waals surface area contributed by atoms with E-state index in [0.717, 1.165) is 0 Å². The molecule has 0 heteroatoms. The van der Waals surface area contributed by atoms with Crippen molar-refractivity contribution < 1.29 is 0 Å². The van der Waals surface area contributed by atoms with Crippen molar-refractivity contribution in [3.63, 3.8) is 0 Å². The maximum atomic E-state index is 2.52. The summed E-state index contributed by atoms with van der Waals surface area (Å²) in [6, 6.07) is 123. The molecular formula is C84H54. The molecule has 0 saturated carbocycles. The summed E-state index contributed by atoms with van der Waals surface area (Å²) in [5.74, 6) is 0. The zero-order valence-electron chi connectivity index (χ0n) is 46.2. The van der Waals surface area contributed by atoms with E-state index in [1.54, 1.807) is 0 Å². The van der Waals surface area contributed by atoms with Crippen molar-refractivity contribution in [3.05, 3.63) is 372 Å². The van der Waals surface area contributed by atoms with E-state index < -0.39 is 10.8 Å². The Morgan fingerprint density at radius 1 is 0.155 bits per heavy atom. The third kappa shape index (κ3) is 6.83. The summed E-state index contributed by atoms with van der Waals surface area (Å²) in [6.45, 7) is 0. The Bertz CT molecular complexity index is 4600. The van der Waals surface area contributed by atoms with Gasteiger partial charge in [-0.1, -0.05) is 309 Å². The first-order chi connectivity index (χ1) is 41.7. The summed E-state index contributed by atoms with van der Waals surface area (Å²) in [6.07, 6.45) is 0. The van der Waals surface area contributed by atoms with Gasteiger partial charge >= 0.3 is 0 Å². The molecule has 2 aliphatic rings. The minimum atomic E-state index is -0.507. The normalized spacial score (nSPS) is 13.4. The summed E-state index contributed by atoms with van der Waals surface area (Å²) in [4.78, 5) is 0. The number of fused-ring (bicyclic) bond motifs is 10. The molecule has 0 bridgehead atoms. The lowest BCUT2D eigenvalue weighted by molar-refractivity contribution is 0.769. The van der Waals surface area contributed by atoms with E-state index in [4.69, 9.17) is 0 Å². The Kier molecular flexibility index (Phi) is 10.9. The molecule has 0 amide bonds. The molecule has 0 N–H and O–H groups in total. The van der Waals surface area contributed by atoms with Crippen molar-refractivity contribution in [1.82, 2.24) is 0 Å². The van der Waals surface area contributed by atoms with Gasteiger partial charge in [0.05, 0.1) is 10.8 Å². The highest BCUT2D eigenvalue weighted by atomic mass is 14.5. The van der Waals surface area contributed by atoms with Crippen LogP contribution in [0.3, 0.4) is 0 Å². The minimum Gasteiger partial charge on any atom is -0.0622 e. The Morgan fingerprint density at radius 3 is 0.690 bits per heavy atom. The summed E-state index contributed by atoms with van der Waals surface area (Å²) >= 11 is 0. The summed E-state index contributed by atoms with van der Waals surface area (Å²) in [5, 5.41) is 9.87. The average molecular weight is 1060 g/mol. The molecule has 0 unspecified atom stereocenters. The monoisotopic (exact) mass is 1060 g/mol. The highest BCUT2D eigenvalue weighted by Gasteiger charge is 2.48. The molecule has 84 heavy (non-hydrogen) atoms. The second-order valence-corrected chi connectivity index (χ2v) is 22.8. The highest BCUT2D eigenvalue weighted by molar-refractivity contribution is 6.24. The first kappa shape index (κ1) is 48.1. The Morgan fingerprint density at radius 2 is 0.393 bits per heavy atom. The fourth-order valence-corrected chi connectivity index (χ4v) is 15.5. The van der Waals surface area contributed by atoms with E-state index in [-0.39, 0.29) is 0 Å². The number of hydrogen-bond acceptors (Lipinski definition) is 0. The molecule has 15 aromatic rings. The SMILES string of the molecule is c1ccc(C2(c3ccccc3)c3ccccc3-c3ccc(-c4c5ccccc5c(-c5cccc(-c6c7ccccc7c(-c7ccc8c(c7)C(c7ccccc7)(c7ccccc7)c7ccccc7-8)c7ccccc67)c5)c5ccccc45)cc32)cc1. The van der Waals surface area contributed by atoms with Crippen LogP contribution in [0.2, 0.25) is 0 Å². The van der Waals surface area contributed by atoms with Gasteiger partial charge in [-0.3, -0.25) is 0 Å². The van der Waals surface area contributed by atoms with Crippen LogP contribution in [0.1, 0.15) is 44.5 Å². The van der Waals surface area contributed by atoms with Crippen molar-refractivity contribution in [3.8, 4) is 66.8 Å². The van der Waals surface area contributed by atoms with E-state index in [0.29, 0.717) is 0 Å². The highest BCUT2D eigenvalue weighted by Crippen LogP contribution is 2.60. The van der Waals surface area contributed by atoms with Gasteiger partial charge in [0.25, 0.3) is 0 Å². The van der Waals surface area contributed by atoms with E-state index >= 15 is 0 Å². The van der Waals surface area contributed by atoms with Crippen molar-refractivity contribution >= 4 is 43.1 Å². The first-order valence-electron chi connectivity index (χ1n) is 29.4. The molecule has 0 atom stereocenters. The molecule has 390 valence electrons. The molecule has 0 saturated heterocycles. The second-order valence-electron chi connectivity index (χ2n) is 22.8. The number of hydrogen-bond donors (Lipinski definition) is 0. The van der Waals surface area contributed by atoms with Crippen LogP contribution in [0.25, 0.3) is 110 Å². The maximum Gasteiger partial charge on any atom is 0.0713 e. The molecule has 0 aromatic heterocycles. The number of benzene rings is 15. The second kappa shape index (κ2) is 19.0. The minimum absolute atomic E-state index is 0.507. The van der Waals surface area contributed by atoms with Crippen molar-refractivity contribution in [2.24, 2.45) is 0 Å².